The van der Waals surface area contributed by atoms with Crippen LogP contribution in [-0.2, 0) is 19.3 Å². The van der Waals surface area contributed by atoms with Crippen LogP contribution in [0.15, 0.2) is 91.1 Å². The van der Waals surface area contributed by atoms with Crippen LogP contribution in [0.4, 0.5) is 0 Å². The smallest absolute Gasteiger partial charge is 0.331 e. The van der Waals surface area contributed by atoms with Crippen molar-refractivity contribution in [2.45, 2.75) is 60.8 Å². The number of rotatable bonds is 18. The molecule has 4 aromatic rings. The van der Waals surface area contributed by atoms with Crippen molar-refractivity contribution in [1.82, 2.24) is 15.0 Å². The molecule has 4 rings (SSSR count). The average molecular weight is 652 g/mol. The third-order valence-electron chi connectivity index (χ3n) is 6.70. The summed E-state index contributed by atoms with van der Waals surface area (Å²) in [4.78, 5) is 13.7. The van der Waals surface area contributed by atoms with Gasteiger partial charge in [0.15, 0.2) is 0 Å². The monoisotopic (exact) mass is 651 g/mol. The van der Waals surface area contributed by atoms with Crippen LogP contribution in [0.5, 0.6) is 52.5 Å². The van der Waals surface area contributed by atoms with Crippen LogP contribution < -0.4 is 28.4 Å². The molecule has 3 aromatic carbocycles. The Bertz CT molecular complexity index is 1550. The number of allylic oxidation sites excluding steroid dienone is 3. The van der Waals surface area contributed by atoms with Crippen molar-refractivity contribution in [2.75, 3.05) is 19.8 Å². The van der Waals surface area contributed by atoms with E-state index in [-0.39, 0.29) is 18.0 Å². The maximum Gasteiger partial charge on any atom is 0.331 e. The van der Waals surface area contributed by atoms with Gasteiger partial charge in [-0.25, -0.2) is 0 Å². The molecule has 1 aromatic heterocycles. The molecule has 0 unspecified atom stereocenters. The molecule has 0 amide bonds. The lowest BCUT2D eigenvalue weighted by Crippen LogP contribution is -2.05. The van der Waals surface area contributed by atoms with Gasteiger partial charge >= 0.3 is 18.0 Å². The Balaban J connectivity index is 1.84. The van der Waals surface area contributed by atoms with E-state index in [1.54, 1.807) is 18.2 Å². The molecule has 0 fully saturated rings. The Labute approximate surface area is 283 Å². The first-order valence-electron chi connectivity index (χ1n) is 16.1. The van der Waals surface area contributed by atoms with E-state index in [0.717, 1.165) is 33.4 Å². The zero-order valence-corrected chi connectivity index (χ0v) is 28.9. The molecule has 0 spiro atoms. The minimum Gasteiger partial charge on any atom is -0.494 e. The summed E-state index contributed by atoms with van der Waals surface area (Å²) in [6.45, 7) is 25.4. The van der Waals surface area contributed by atoms with E-state index < -0.39 is 0 Å². The molecule has 0 N–H and O–H groups in total. The van der Waals surface area contributed by atoms with E-state index in [2.05, 4.69) is 34.7 Å². The van der Waals surface area contributed by atoms with Crippen molar-refractivity contribution in [1.29, 1.82) is 0 Å². The van der Waals surface area contributed by atoms with Crippen LogP contribution in [0.2, 0.25) is 0 Å². The molecule has 0 radical (unpaired) electrons. The highest BCUT2D eigenvalue weighted by Gasteiger charge is 2.19. The predicted octanol–water partition coefficient (Wildman–Crippen LogP) is 9.80. The summed E-state index contributed by atoms with van der Waals surface area (Å²) in [5.41, 5.74) is 5.55. The highest BCUT2D eigenvalue weighted by atomic mass is 16.5. The Morgan fingerprint density at radius 2 is 0.750 bits per heavy atom. The third-order valence-corrected chi connectivity index (χ3v) is 6.70. The third kappa shape index (κ3) is 10.4. The van der Waals surface area contributed by atoms with Crippen LogP contribution in [0.25, 0.3) is 0 Å². The first-order valence-corrected chi connectivity index (χ1v) is 16.1. The van der Waals surface area contributed by atoms with Crippen LogP contribution in [0.1, 0.15) is 58.2 Å². The quantitative estimate of drug-likeness (QED) is 0.0975. The molecule has 0 bridgehead atoms. The molecule has 9 nitrogen and oxygen atoms in total. The maximum absolute atomic E-state index is 6.35. The number of hydrogen-bond acceptors (Lipinski definition) is 9. The van der Waals surface area contributed by atoms with Crippen molar-refractivity contribution in [3.63, 3.8) is 0 Å². The number of hydrogen-bond donors (Lipinski definition) is 0. The lowest BCUT2D eigenvalue weighted by Gasteiger charge is -2.16. The van der Waals surface area contributed by atoms with Gasteiger partial charge in [0.05, 0.1) is 19.8 Å². The standard InChI is InChI=1S/C39H45N3O6/c1-10-43-31-16-13-28(19-25(4)5)34(22-31)46-37-40-38(47-35-23-32(44-11-2)17-14-29(35)20-26(6)7)42-39(41-37)48-36-24-33(45-12-3)18-15-30(36)21-27(8)9/h13-18,22-24H,4,6,8,10-12,19-21H2,1-3,5,7,9H3. The summed E-state index contributed by atoms with van der Waals surface area (Å²) in [5.74, 6) is 3.47. The zero-order chi connectivity index (χ0) is 34.6. The van der Waals surface area contributed by atoms with Gasteiger partial charge in [-0.15, -0.1) is 15.0 Å². The van der Waals surface area contributed by atoms with Gasteiger partial charge in [-0.05, 0) is 95.7 Å². The second-order valence-corrected chi connectivity index (χ2v) is 11.5. The molecular weight excluding hydrogens is 606 g/mol. The number of aromatic nitrogens is 3. The molecule has 0 atom stereocenters. The van der Waals surface area contributed by atoms with Gasteiger partial charge in [0.2, 0.25) is 0 Å². The average Bonchev–Trinajstić information content (AvgIpc) is 3.01. The fourth-order valence-corrected chi connectivity index (χ4v) is 4.82. The lowest BCUT2D eigenvalue weighted by molar-refractivity contribution is 0.331. The number of ether oxygens (including phenoxy) is 6. The number of nitrogens with zero attached hydrogens (tertiary/aromatic N) is 3. The van der Waals surface area contributed by atoms with E-state index in [1.807, 2.05) is 77.9 Å². The minimum atomic E-state index is -0.0311. The molecule has 48 heavy (non-hydrogen) atoms. The van der Waals surface area contributed by atoms with Gasteiger partial charge in [-0.3, -0.25) is 0 Å². The zero-order valence-electron chi connectivity index (χ0n) is 28.9. The summed E-state index contributed by atoms with van der Waals surface area (Å²) in [6, 6.07) is 16.8. The minimum absolute atomic E-state index is 0.0311. The van der Waals surface area contributed by atoms with Gasteiger partial charge in [0, 0.05) is 18.2 Å². The van der Waals surface area contributed by atoms with Crippen molar-refractivity contribution in [3.8, 4) is 52.5 Å². The van der Waals surface area contributed by atoms with Crippen molar-refractivity contribution >= 4 is 0 Å². The van der Waals surface area contributed by atoms with Crippen LogP contribution >= 0.6 is 0 Å². The molecular formula is C39H45N3O6. The van der Waals surface area contributed by atoms with E-state index >= 15 is 0 Å². The van der Waals surface area contributed by atoms with E-state index in [9.17, 15) is 0 Å². The van der Waals surface area contributed by atoms with Gasteiger partial charge in [0.25, 0.3) is 0 Å². The first-order chi connectivity index (χ1) is 23.1. The molecule has 0 aliphatic carbocycles. The molecule has 0 saturated heterocycles. The summed E-state index contributed by atoms with van der Waals surface area (Å²) >= 11 is 0. The fourth-order valence-electron chi connectivity index (χ4n) is 4.82. The van der Waals surface area contributed by atoms with Crippen LogP contribution in [-0.4, -0.2) is 34.8 Å². The summed E-state index contributed by atoms with van der Waals surface area (Å²) in [6.07, 6.45) is 1.76. The van der Waals surface area contributed by atoms with Gasteiger partial charge in [-0.1, -0.05) is 54.7 Å². The molecule has 1 heterocycles. The Morgan fingerprint density at radius 3 is 0.979 bits per heavy atom. The summed E-state index contributed by atoms with van der Waals surface area (Å²) in [7, 11) is 0. The lowest BCUT2D eigenvalue weighted by atomic mass is 10.1. The van der Waals surface area contributed by atoms with Gasteiger partial charge in [0.1, 0.15) is 34.5 Å². The largest absolute Gasteiger partial charge is 0.494 e. The van der Waals surface area contributed by atoms with E-state index in [4.69, 9.17) is 28.4 Å². The normalized spacial score (nSPS) is 10.6. The summed E-state index contributed by atoms with van der Waals surface area (Å²) in [5, 5.41) is 0. The van der Waals surface area contributed by atoms with Gasteiger partial charge in [-0.2, -0.15) is 0 Å². The van der Waals surface area contributed by atoms with Crippen LogP contribution in [0.3, 0.4) is 0 Å². The fraction of sp³-hybridized carbons (Fsp3) is 0.308. The summed E-state index contributed by atoms with van der Waals surface area (Å²) < 4.78 is 36.3. The van der Waals surface area contributed by atoms with E-state index in [0.29, 0.717) is 73.6 Å². The topological polar surface area (TPSA) is 94.1 Å². The Kier molecular flexibility index (Phi) is 12.6. The van der Waals surface area contributed by atoms with E-state index in [1.165, 1.54) is 0 Å². The molecule has 9 heteroatoms. The van der Waals surface area contributed by atoms with Crippen LogP contribution in [0, 0.1) is 0 Å². The second kappa shape index (κ2) is 17.0. The first kappa shape index (κ1) is 35.5. The Hall–Kier alpha value is -5.31. The van der Waals surface area contributed by atoms with Crippen molar-refractivity contribution in [3.05, 3.63) is 108 Å². The Morgan fingerprint density at radius 1 is 0.479 bits per heavy atom. The highest BCUT2D eigenvalue weighted by molar-refractivity contribution is 5.46. The number of benzene rings is 3. The molecule has 0 saturated carbocycles. The van der Waals surface area contributed by atoms with Crippen molar-refractivity contribution in [2.24, 2.45) is 0 Å². The maximum atomic E-state index is 6.35. The molecule has 0 aliphatic heterocycles. The van der Waals surface area contributed by atoms with Gasteiger partial charge < -0.3 is 28.4 Å². The predicted molar refractivity (Wildman–Crippen MR) is 188 cm³/mol. The molecule has 252 valence electrons. The second-order valence-electron chi connectivity index (χ2n) is 11.5. The highest BCUT2D eigenvalue weighted by Crippen LogP contribution is 2.35. The van der Waals surface area contributed by atoms with Crippen molar-refractivity contribution < 1.29 is 28.4 Å². The SMILES string of the molecule is C=C(C)Cc1ccc(OCC)cc1Oc1nc(Oc2cc(OCC)ccc2CC(=C)C)nc(Oc2cc(OCC)ccc2CC(=C)C)n1. The molecule has 0 aliphatic rings.